The van der Waals surface area contributed by atoms with Crippen LogP contribution < -0.4 is 4.74 Å². The van der Waals surface area contributed by atoms with Crippen LogP contribution in [0.4, 0.5) is 0 Å². The van der Waals surface area contributed by atoms with E-state index in [0.29, 0.717) is 5.75 Å². The van der Waals surface area contributed by atoms with Crippen LogP contribution in [-0.4, -0.2) is 5.97 Å². The molecule has 0 saturated heterocycles. The predicted octanol–water partition coefficient (Wildman–Crippen LogP) is 4.16. The molecule has 0 saturated carbocycles. The molecule has 4 nitrogen and oxygen atoms in total. The lowest BCUT2D eigenvalue weighted by Crippen LogP contribution is -2.02. The molecule has 4 heteroatoms. The summed E-state index contributed by atoms with van der Waals surface area (Å²) in [5.41, 5.74) is 3.25. The normalized spacial score (nSPS) is 8.95. The van der Waals surface area contributed by atoms with Crippen LogP contribution in [0.15, 0.2) is 67.8 Å². The van der Waals surface area contributed by atoms with E-state index < -0.39 is 5.97 Å². The van der Waals surface area contributed by atoms with Gasteiger partial charge in [-0.3, -0.25) is 0 Å². The minimum Gasteiger partial charge on any atom is -0.423 e. The highest BCUT2D eigenvalue weighted by Crippen LogP contribution is 2.23. The van der Waals surface area contributed by atoms with Gasteiger partial charge in [0.1, 0.15) is 5.75 Å². The molecule has 0 unspecified atom stereocenters. The van der Waals surface area contributed by atoms with E-state index in [4.69, 9.17) is 14.7 Å². The van der Waals surface area contributed by atoms with Gasteiger partial charge in [0.15, 0.2) is 0 Å². The molecule has 2 rings (SSSR count). The number of carbonyl (C=O) groups excluding carboxylic acids is 1. The number of ether oxygens (including phenoxy) is 1. The largest absolute Gasteiger partial charge is 0.423 e. The molecule has 106 valence electrons. The minimum absolute atomic E-state index is 0.455. The Bertz CT molecular complexity index is 612. The van der Waals surface area contributed by atoms with Crippen molar-refractivity contribution in [3.63, 3.8) is 0 Å². The Morgan fingerprint density at radius 1 is 0.857 bits per heavy atom. The molecule has 0 fully saturated rings. The Hall–Kier alpha value is -3.01. The van der Waals surface area contributed by atoms with Crippen molar-refractivity contribution in [2.75, 3.05) is 0 Å². The molecule has 0 spiro atoms. The maximum absolute atomic E-state index is 11.1. The molecule has 0 heterocycles. The molecule has 0 N–H and O–H groups in total. The third-order valence-electron chi connectivity index (χ3n) is 2.72. The summed E-state index contributed by atoms with van der Waals surface area (Å²) >= 11 is 0. The van der Waals surface area contributed by atoms with Crippen LogP contribution in [0.5, 0.6) is 5.75 Å². The van der Waals surface area contributed by atoms with Crippen molar-refractivity contribution in [3.8, 4) is 16.9 Å². The van der Waals surface area contributed by atoms with Crippen LogP contribution in [-0.2, 0) is 4.79 Å². The summed E-state index contributed by atoms with van der Waals surface area (Å²) in [6.45, 7) is 7.08. The zero-order chi connectivity index (χ0) is 15.7. The Morgan fingerprint density at radius 3 is 1.76 bits per heavy atom. The summed E-state index contributed by atoms with van der Waals surface area (Å²) in [4.78, 5) is 25.1. The lowest BCUT2D eigenvalue weighted by atomic mass is 10.0. The van der Waals surface area contributed by atoms with E-state index >= 15 is 0 Å². The summed E-state index contributed by atoms with van der Waals surface area (Å²) in [5.74, 6) is 0.0550. The average molecular weight is 282 g/mol. The van der Waals surface area contributed by atoms with Gasteiger partial charge < -0.3 is 4.74 Å². The highest BCUT2D eigenvalue weighted by Gasteiger charge is 2.01. The molecule has 2 aromatic rings. The summed E-state index contributed by atoms with van der Waals surface area (Å²) in [5, 5.41) is 0. The van der Waals surface area contributed by atoms with Crippen molar-refractivity contribution in [2.45, 2.75) is 0 Å². The SMILES string of the molecule is C=CC(=O)Oc1ccc(-c2ccc(C=C)cc2)cc1.O=O. The molecule has 0 aliphatic rings. The molecule has 0 aliphatic carbocycles. The van der Waals surface area contributed by atoms with Crippen LogP contribution in [0.3, 0.4) is 0 Å². The molecule has 0 atom stereocenters. The van der Waals surface area contributed by atoms with E-state index in [0.717, 1.165) is 22.8 Å². The number of esters is 1. The molecule has 0 radical (unpaired) electrons. The first-order valence-corrected chi connectivity index (χ1v) is 6.07. The Balaban J connectivity index is 0.00000106. The number of carbonyl (C=O) groups is 1. The maximum atomic E-state index is 11.1. The second-order valence-electron chi connectivity index (χ2n) is 3.98. The van der Waals surface area contributed by atoms with E-state index in [1.165, 1.54) is 0 Å². The number of rotatable bonds is 4. The smallest absolute Gasteiger partial charge is 0.335 e. The molecule has 2 aromatic carbocycles. The molecule has 0 aromatic heterocycles. The van der Waals surface area contributed by atoms with Gasteiger partial charge >= 0.3 is 5.97 Å². The van der Waals surface area contributed by atoms with Gasteiger partial charge in [-0.1, -0.05) is 55.6 Å². The summed E-state index contributed by atoms with van der Waals surface area (Å²) < 4.78 is 5.02. The monoisotopic (exact) mass is 282 g/mol. The van der Waals surface area contributed by atoms with E-state index in [9.17, 15) is 4.79 Å². The third-order valence-corrected chi connectivity index (χ3v) is 2.72. The number of benzene rings is 2. The highest BCUT2D eigenvalue weighted by molar-refractivity contribution is 5.83. The van der Waals surface area contributed by atoms with E-state index in [-0.39, 0.29) is 0 Å². The van der Waals surface area contributed by atoms with Gasteiger partial charge in [0, 0.05) is 16.0 Å². The van der Waals surface area contributed by atoms with E-state index in [1.807, 2.05) is 42.5 Å². The van der Waals surface area contributed by atoms with Gasteiger partial charge in [0.05, 0.1) is 0 Å². The first-order valence-electron chi connectivity index (χ1n) is 6.07. The topological polar surface area (TPSA) is 60.4 Å². The highest BCUT2D eigenvalue weighted by atomic mass is 16.7. The van der Waals surface area contributed by atoms with E-state index in [1.54, 1.807) is 12.1 Å². The summed E-state index contributed by atoms with van der Waals surface area (Å²) in [6.07, 6.45) is 2.95. The summed E-state index contributed by atoms with van der Waals surface area (Å²) in [6, 6.07) is 15.4. The average Bonchev–Trinajstić information content (AvgIpc) is 2.57. The van der Waals surface area contributed by atoms with Crippen molar-refractivity contribution >= 4 is 12.0 Å². The Kier molecular flexibility index (Phi) is 6.28. The fraction of sp³-hybridized carbons (Fsp3) is 0. The zero-order valence-electron chi connectivity index (χ0n) is 11.3. The van der Waals surface area contributed by atoms with Crippen LogP contribution >= 0.6 is 0 Å². The van der Waals surface area contributed by atoms with Crippen LogP contribution in [0.25, 0.3) is 17.2 Å². The fourth-order valence-electron chi connectivity index (χ4n) is 1.68. The first-order chi connectivity index (χ1) is 10.2. The van der Waals surface area contributed by atoms with Crippen molar-refractivity contribution in [2.24, 2.45) is 0 Å². The molecule has 21 heavy (non-hydrogen) atoms. The number of hydrogen-bond donors (Lipinski definition) is 0. The van der Waals surface area contributed by atoms with Crippen LogP contribution in [0.1, 0.15) is 5.56 Å². The zero-order valence-corrected chi connectivity index (χ0v) is 11.3. The molecule has 0 amide bonds. The second-order valence-corrected chi connectivity index (χ2v) is 3.98. The van der Waals surface area contributed by atoms with E-state index in [2.05, 4.69) is 13.2 Å². The molecular formula is C17H14O4. The van der Waals surface area contributed by atoms with Crippen molar-refractivity contribution < 1.29 is 9.53 Å². The molecular weight excluding hydrogens is 268 g/mol. The minimum atomic E-state index is -0.455. The first kappa shape index (κ1) is 16.0. The lowest BCUT2D eigenvalue weighted by Gasteiger charge is -2.05. The van der Waals surface area contributed by atoms with Gasteiger partial charge in [0.25, 0.3) is 0 Å². The van der Waals surface area contributed by atoms with Crippen LogP contribution in [0.2, 0.25) is 0 Å². The third kappa shape index (κ3) is 4.54. The Morgan fingerprint density at radius 2 is 1.33 bits per heavy atom. The Labute approximate surface area is 122 Å². The van der Waals surface area contributed by atoms with Gasteiger partial charge in [-0.05, 0) is 28.8 Å². The van der Waals surface area contributed by atoms with Crippen molar-refractivity contribution in [3.05, 3.63) is 83.3 Å². The fourth-order valence-corrected chi connectivity index (χ4v) is 1.68. The van der Waals surface area contributed by atoms with Crippen LogP contribution in [0, 0.1) is 9.93 Å². The van der Waals surface area contributed by atoms with Gasteiger partial charge in [0.2, 0.25) is 0 Å². The van der Waals surface area contributed by atoms with Gasteiger partial charge in [-0.25, -0.2) is 4.79 Å². The predicted molar refractivity (Wildman–Crippen MR) is 84.5 cm³/mol. The quantitative estimate of drug-likeness (QED) is 0.480. The van der Waals surface area contributed by atoms with Gasteiger partial charge in [-0.2, -0.15) is 0 Å². The second kappa shape index (κ2) is 8.22. The standard InChI is InChI=1S/C17H14O2.O2/c1-3-13-5-7-14(8-6-13)15-9-11-16(12-10-15)19-17(18)4-2;1-2/h3-12H,1-2H2;. The lowest BCUT2D eigenvalue weighted by molar-refractivity contribution is -0.128. The van der Waals surface area contributed by atoms with Crippen molar-refractivity contribution in [1.82, 2.24) is 0 Å². The van der Waals surface area contributed by atoms with Crippen molar-refractivity contribution in [1.29, 1.82) is 0 Å². The molecule has 0 aliphatic heterocycles. The maximum Gasteiger partial charge on any atom is 0.335 e. The van der Waals surface area contributed by atoms with Gasteiger partial charge in [-0.15, -0.1) is 0 Å². The summed E-state index contributed by atoms with van der Waals surface area (Å²) in [7, 11) is 0. The molecule has 0 bridgehead atoms. The number of hydrogen-bond acceptors (Lipinski definition) is 4.